The Morgan fingerprint density at radius 3 is 2.55 bits per heavy atom. The molecule has 2 N–H and O–H groups in total. The number of carbonyl (C=O) groups excluding carboxylic acids is 1. The van der Waals surface area contributed by atoms with Crippen molar-refractivity contribution in [1.29, 1.82) is 0 Å². The summed E-state index contributed by atoms with van der Waals surface area (Å²) in [5, 5.41) is 0.724. The zero-order valence-corrected chi connectivity index (χ0v) is 19.8. The molecule has 0 unspecified atom stereocenters. The van der Waals surface area contributed by atoms with Gasteiger partial charge in [-0.3, -0.25) is 4.79 Å². The predicted octanol–water partition coefficient (Wildman–Crippen LogP) is 6.09. The molecule has 2 aliphatic rings. The number of ether oxygens (including phenoxy) is 1. The molecule has 1 aliphatic carbocycles. The third-order valence-electron chi connectivity index (χ3n) is 5.46. The second-order valence-electron chi connectivity index (χ2n) is 7.66. The van der Waals surface area contributed by atoms with Crippen LogP contribution in [0.1, 0.15) is 12.8 Å². The molecule has 1 aliphatic heterocycles. The monoisotopic (exact) mass is 507 g/mol. The van der Waals surface area contributed by atoms with Crippen LogP contribution in [0.4, 0.5) is 15.8 Å². The Hall–Kier alpha value is -2.67. The highest BCUT2D eigenvalue weighted by molar-refractivity contribution is 6.34. The fourth-order valence-corrected chi connectivity index (χ4v) is 4.24. The minimum atomic E-state index is -0.604. The van der Waals surface area contributed by atoms with Crippen LogP contribution >= 0.6 is 34.8 Å². The zero-order valence-electron chi connectivity index (χ0n) is 17.5. The highest BCUT2D eigenvalue weighted by Crippen LogP contribution is 2.43. The van der Waals surface area contributed by atoms with Crippen LogP contribution in [0.5, 0.6) is 5.75 Å². The number of allylic oxidation sites excluding steroid dienone is 2. The second-order valence-corrected chi connectivity index (χ2v) is 8.91. The van der Waals surface area contributed by atoms with E-state index >= 15 is 0 Å². The molecule has 0 spiro atoms. The van der Waals surface area contributed by atoms with Gasteiger partial charge in [-0.05, 0) is 37.1 Å². The van der Waals surface area contributed by atoms with E-state index in [2.05, 4.69) is 11.5 Å². The molecule has 1 amide bonds. The first-order valence-corrected chi connectivity index (χ1v) is 11.4. The summed E-state index contributed by atoms with van der Waals surface area (Å²) in [5.41, 5.74) is 7.07. The van der Waals surface area contributed by atoms with Gasteiger partial charge in [0.25, 0.3) is 5.91 Å². The standard InChI is InChI=1S/C24H21Cl3FN3O2/c1-2-3-22(33-23-10-14(25)4-7-17(23)26)16(13-29)24(32)31-9-8-30(15-5-6-15)20-11-18(27)19(28)12-21(20)31/h2-4,7,10-13,15H,1,5-6,8-9,29H2/b16-13+,22-3+. The van der Waals surface area contributed by atoms with Crippen LogP contribution < -0.4 is 20.3 Å². The SMILES string of the molecule is C=C/C=C(Oc1cc(Cl)ccc1Cl)\C(=C/N)C(=O)N1CCN(C2CC2)c2cc(Cl)c(F)cc21. The van der Waals surface area contributed by atoms with Crippen molar-refractivity contribution >= 4 is 52.1 Å². The van der Waals surface area contributed by atoms with Gasteiger partial charge in [0, 0.05) is 42.5 Å². The van der Waals surface area contributed by atoms with Crippen molar-refractivity contribution in [1.82, 2.24) is 0 Å². The molecule has 172 valence electrons. The molecule has 1 saturated carbocycles. The molecule has 0 atom stereocenters. The van der Waals surface area contributed by atoms with E-state index in [0.717, 1.165) is 19.0 Å². The maximum absolute atomic E-state index is 14.4. The molecule has 2 aromatic carbocycles. The number of amides is 1. The molecule has 9 heteroatoms. The first kappa shape index (κ1) is 23.5. The lowest BCUT2D eigenvalue weighted by Crippen LogP contribution is -2.46. The third-order valence-corrected chi connectivity index (χ3v) is 6.30. The van der Waals surface area contributed by atoms with E-state index in [1.807, 2.05) is 0 Å². The van der Waals surface area contributed by atoms with E-state index in [9.17, 15) is 9.18 Å². The van der Waals surface area contributed by atoms with E-state index in [-0.39, 0.29) is 22.1 Å². The highest BCUT2D eigenvalue weighted by Gasteiger charge is 2.37. The van der Waals surface area contributed by atoms with E-state index < -0.39 is 11.7 Å². The number of nitrogens with zero attached hydrogens (tertiary/aromatic N) is 2. The van der Waals surface area contributed by atoms with Crippen molar-refractivity contribution in [3.8, 4) is 5.75 Å². The normalized spacial score (nSPS) is 16.5. The van der Waals surface area contributed by atoms with Crippen LogP contribution in [-0.4, -0.2) is 25.0 Å². The first-order chi connectivity index (χ1) is 15.8. The van der Waals surface area contributed by atoms with Gasteiger partial charge in [0.15, 0.2) is 0 Å². The molecule has 1 heterocycles. The van der Waals surface area contributed by atoms with Crippen molar-refractivity contribution < 1.29 is 13.9 Å². The van der Waals surface area contributed by atoms with Gasteiger partial charge < -0.3 is 20.3 Å². The summed E-state index contributed by atoms with van der Waals surface area (Å²) in [6, 6.07) is 7.95. The molecule has 5 nitrogen and oxygen atoms in total. The molecule has 0 bridgehead atoms. The van der Waals surface area contributed by atoms with Crippen molar-refractivity contribution in [2.24, 2.45) is 5.73 Å². The average Bonchev–Trinajstić information content (AvgIpc) is 3.62. The number of nitrogens with two attached hydrogens (primary N) is 1. The summed E-state index contributed by atoms with van der Waals surface area (Å²) in [6.45, 7) is 4.62. The minimum Gasteiger partial charge on any atom is -0.455 e. The molecule has 0 radical (unpaired) electrons. The van der Waals surface area contributed by atoms with Gasteiger partial charge >= 0.3 is 0 Å². The molecule has 4 rings (SSSR count). The number of hydrogen-bond acceptors (Lipinski definition) is 4. The van der Waals surface area contributed by atoms with Crippen LogP contribution in [0, 0.1) is 5.82 Å². The molecule has 1 fully saturated rings. The molecule has 0 aromatic heterocycles. The van der Waals surface area contributed by atoms with Gasteiger partial charge in [-0.25, -0.2) is 4.39 Å². The van der Waals surface area contributed by atoms with Gasteiger partial charge in [0.05, 0.1) is 27.0 Å². The van der Waals surface area contributed by atoms with Gasteiger partial charge in [0.1, 0.15) is 17.3 Å². The van der Waals surface area contributed by atoms with Gasteiger partial charge in [-0.15, -0.1) is 0 Å². The molecule has 33 heavy (non-hydrogen) atoms. The zero-order chi connectivity index (χ0) is 23.7. The first-order valence-electron chi connectivity index (χ1n) is 10.3. The van der Waals surface area contributed by atoms with E-state index in [4.69, 9.17) is 45.3 Å². The van der Waals surface area contributed by atoms with Crippen LogP contribution in [0.15, 0.2) is 66.6 Å². The van der Waals surface area contributed by atoms with Crippen LogP contribution in [-0.2, 0) is 4.79 Å². The Labute approximate surface area is 206 Å². The van der Waals surface area contributed by atoms with E-state index in [0.29, 0.717) is 40.6 Å². The Balaban J connectivity index is 1.69. The van der Waals surface area contributed by atoms with Gasteiger partial charge in [-0.2, -0.15) is 0 Å². The number of hydrogen-bond donors (Lipinski definition) is 1. The minimum absolute atomic E-state index is 0.00876. The largest absolute Gasteiger partial charge is 0.455 e. The van der Waals surface area contributed by atoms with Crippen LogP contribution in [0.2, 0.25) is 15.1 Å². The molecular weight excluding hydrogens is 488 g/mol. The Kier molecular flexibility index (Phi) is 6.88. The fourth-order valence-electron chi connectivity index (χ4n) is 3.76. The van der Waals surface area contributed by atoms with Gasteiger partial charge in [0.2, 0.25) is 0 Å². The lowest BCUT2D eigenvalue weighted by molar-refractivity contribution is -0.115. The maximum Gasteiger partial charge on any atom is 0.263 e. The average molecular weight is 509 g/mol. The van der Waals surface area contributed by atoms with Gasteiger partial charge in [-0.1, -0.05) is 47.5 Å². The number of benzene rings is 2. The summed E-state index contributed by atoms with van der Waals surface area (Å²) in [4.78, 5) is 17.3. The summed E-state index contributed by atoms with van der Waals surface area (Å²) in [5.74, 6) is -0.682. The Morgan fingerprint density at radius 2 is 1.88 bits per heavy atom. The lowest BCUT2D eigenvalue weighted by atomic mass is 10.1. The smallest absolute Gasteiger partial charge is 0.263 e. The van der Waals surface area contributed by atoms with Crippen LogP contribution in [0.25, 0.3) is 0 Å². The second kappa shape index (κ2) is 9.67. The third kappa shape index (κ3) is 4.83. The van der Waals surface area contributed by atoms with Crippen molar-refractivity contribution in [3.05, 3.63) is 87.5 Å². The van der Waals surface area contributed by atoms with Crippen molar-refractivity contribution in [2.45, 2.75) is 18.9 Å². The topological polar surface area (TPSA) is 58.8 Å². The summed E-state index contributed by atoms with van der Waals surface area (Å²) >= 11 is 18.3. The summed E-state index contributed by atoms with van der Waals surface area (Å²) in [6.07, 6.45) is 6.21. The molecular formula is C24H21Cl3FN3O2. The highest BCUT2D eigenvalue weighted by atomic mass is 35.5. The lowest BCUT2D eigenvalue weighted by Gasteiger charge is -2.38. The summed E-state index contributed by atoms with van der Waals surface area (Å²) in [7, 11) is 0. The van der Waals surface area contributed by atoms with Crippen molar-refractivity contribution in [3.63, 3.8) is 0 Å². The Morgan fingerprint density at radius 1 is 1.12 bits per heavy atom. The van der Waals surface area contributed by atoms with Crippen LogP contribution in [0.3, 0.4) is 0 Å². The number of halogens is 4. The maximum atomic E-state index is 14.4. The summed E-state index contributed by atoms with van der Waals surface area (Å²) < 4.78 is 20.3. The quantitative estimate of drug-likeness (QED) is 0.291. The Bertz CT molecular complexity index is 1180. The fraction of sp³-hybridized carbons (Fsp3) is 0.208. The van der Waals surface area contributed by atoms with E-state index in [1.54, 1.807) is 18.2 Å². The number of carbonyl (C=O) groups is 1. The molecule has 2 aromatic rings. The van der Waals surface area contributed by atoms with Crippen molar-refractivity contribution in [2.75, 3.05) is 22.9 Å². The predicted molar refractivity (Wildman–Crippen MR) is 132 cm³/mol. The number of fused-ring (bicyclic) bond motifs is 1. The number of rotatable bonds is 6. The van der Waals surface area contributed by atoms with E-state index in [1.165, 1.54) is 29.2 Å². The molecule has 0 saturated heterocycles. The number of anilines is 2.